The van der Waals surface area contributed by atoms with Gasteiger partial charge in [-0.15, -0.1) is 11.3 Å². The van der Waals surface area contributed by atoms with Crippen molar-refractivity contribution in [3.05, 3.63) is 34.8 Å². The van der Waals surface area contributed by atoms with Crippen LogP contribution < -0.4 is 4.74 Å². The van der Waals surface area contributed by atoms with Crippen LogP contribution in [0.2, 0.25) is 0 Å². The van der Waals surface area contributed by atoms with Gasteiger partial charge in [-0.2, -0.15) is 0 Å². The van der Waals surface area contributed by atoms with Gasteiger partial charge in [0.15, 0.2) is 0 Å². The minimum atomic E-state index is 0.231. The fraction of sp³-hybridized carbons (Fsp3) is 0.474. The number of aromatic nitrogens is 1. The number of benzene rings is 1. The Bertz CT molecular complexity index is 709. The van der Waals surface area contributed by atoms with Crippen LogP contribution in [0.1, 0.15) is 30.3 Å². The van der Waals surface area contributed by atoms with Gasteiger partial charge in [0.2, 0.25) is 5.91 Å². The van der Waals surface area contributed by atoms with E-state index in [1.807, 2.05) is 36.1 Å². The maximum absolute atomic E-state index is 12.6. The lowest BCUT2D eigenvalue weighted by molar-refractivity contribution is -0.132. The van der Waals surface area contributed by atoms with Gasteiger partial charge in [0.25, 0.3) is 0 Å². The van der Waals surface area contributed by atoms with Crippen LogP contribution in [-0.2, 0) is 11.2 Å². The molecule has 0 bridgehead atoms. The number of hydrogen-bond acceptors (Lipinski definition) is 4. The van der Waals surface area contributed by atoms with E-state index >= 15 is 0 Å². The minimum Gasteiger partial charge on any atom is -0.497 e. The minimum absolute atomic E-state index is 0.231. The lowest BCUT2D eigenvalue weighted by atomic mass is 10.00. The van der Waals surface area contributed by atoms with Gasteiger partial charge in [-0.25, -0.2) is 4.98 Å². The van der Waals surface area contributed by atoms with E-state index in [0.717, 1.165) is 46.4 Å². The average molecular weight is 344 g/mol. The molecular weight excluding hydrogens is 320 g/mol. The summed E-state index contributed by atoms with van der Waals surface area (Å²) in [5.41, 5.74) is 2.03. The van der Waals surface area contributed by atoms with Crippen molar-refractivity contribution in [2.75, 3.05) is 20.2 Å². The van der Waals surface area contributed by atoms with Gasteiger partial charge in [0.05, 0.1) is 19.2 Å². The Morgan fingerprint density at radius 3 is 2.79 bits per heavy atom. The third-order valence-corrected chi connectivity index (χ3v) is 5.76. The first-order chi connectivity index (χ1) is 11.6. The van der Waals surface area contributed by atoms with Crippen LogP contribution in [0.3, 0.4) is 0 Å². The lowest BCUT2D eigenvalue weighted by Crippen LogP contribution is -2.39. The number of piperidine rings is 1. The molecule has 1 aromatic heterocycles. The normalized spacial score (nSPS) is 17.8. The molecule has 1 atom stereocenters. The summed E-state index contributed by atoms with van der Waals surface area (Å²) in [5.74, 6) is 1.68. The van der Waals surface area contributed by atoms with Crippen molar-refractivity contribution >= 4 is 17.2 Å². The molecule has 1 aliphatic heterocycles. The summed E-state index contributed by atoms with van der Waals surface area (Å²) < 4.78 is 5.20. The molecule has 2 aromatic rings. The first-order valence-electron chi connectivity index (χ1n) is 8.45. The molecule has 1 unspecified atom stereocenters. The van der Waals surface area contributed by atoms with Gasteiger partial charge in [0.1, 0.15) is 10.8 Å². The lowest BCUT2D eigenvalue weighted by Gasteiger charge is -2.30. The summed E-state index contributed by atoms with van der Waals surface area (Å²) in [5, 5.41) is 0.963. The maximum atomic E-state index is 12.6. The molecule has 3 rings (SSSR count). The molecule has 1 aliphatic rings. The van der Waals surface area contributed by atoms with Crippen LogP contribution in [0, 0.1) is 12.8 Å². The van der Waals surface area contributed by atoms with Gasteiger partial charge in [-0.05, 0) is 49.9 Å². The molecule has 2 heterocycles. The number of carbonyl (C=O) groups excluding carboxylic acids is 1. The molecule has 1 saturated heterocycles. The highest BCUT2D eigenvalue weighted by Crippen LogP contribution is 2.30. The van der Waals surface area contributed by atoms with Gasteiger partial charge in [-0.1, -0.05) is 6.92 Å². The van der Waals surface area contributed by atoms with E-state index in [4.69, 9.17) is 4.74 Å². The molecule has 24 heavy (non-hydrogen) atoms. The second-order valence-electron chi connectivity index (χ2n) is 6.52. The molecule has 1 fully saturated rings. The predicted octanol–water partition coefficient (Wildman–Crippen LogP) is 3.93. The molecule has 1 aromatic carbocycles. The topological polar surface area (TPSA) is 42.4 Å². The Balaban J connectivity index is 1.72. The van der Waals surface area contributed by atoms with E-state index in [9.17, 15) is 4.79 Å². The SMILES string of the molecule is COc1ccc(-c2nc(C)c(CC(=O)N3CCCC(C)C3)s2)cc1. The first kappa shape index (κ1) is 17.0. The van der Waals surface area contributed by atoms with Crippen molar-refractivity contribution < 1.29 is 9.53 Å². The monoisotopic (exact) mass is 344 g/mol. The number of aryl methyl sites for hydroxylation is 1. The highest BCUT2D eigenvalue weighted by Gasteiger charge is 2.22. The molecule has 128 valence electrons. The van der Waals surface area contributed by atoms with Crippen LogP contribution in [-0.4, -0.2) is 36.0 Å². The summed E-state index contributed by atoms with van der Waals surface area (Å²) in [6, 6.07) is 7.89. The predicted molar refractivity (Wildman–Crippen MR) is 97.5 cm³/mol. The number of methoxy groups -OCH3 is 1. The summed E-state index contributed by atoms with van der Waals surface area (Å²) in [6.07, 6.45) is 2.81. The van der Waals surface area contributed by atoms with Crippen LogP contribution in [0.25, 0.3) is 10.6 Å². The average Bonchev–Trinajstić information content (AvgIpc) is 2.95. The third kappa shape index (κ3) is 3.78. The molecule has 5 heteroatoms. The number of thiazole rings is 1. The number of hydrogen-bond donors (Lipinski definition) is 0. The van der Waals surface area contributed by atoms with Crippen molar-refractivity contribution in [3.63, 3.8) is 0 Å². The van der Waals surface area contributed by atoms with Crippen LogP contribution in [0.15, 0.2) is 24.3 Å². The van der Waals surface area contributed by atoms with Crippen molar-refractivity contribution in [2.24, 2.45) is 5.92 Å². The number of amides is 1. The number of rotatable bonds is 4. The largest absolute Gasteiger partial charge is 0.497 e. The molecule has 0 spiro atoms. The van der Waals surface area contributed by atoms with E-state index in [1.165, 1.54) is 6.42 Å². The van der Waals surface area contributed by atoms with E-state index in [0.29, 0.717) is 12.3 Å². The van der Waals surface area contributed by atoms with Crippen molar-refractivity contribution in [1.29, 1.82) is 0 Å². The molecule has 0 saturated carbocycles. The summed E-state index contributed by atoms with van der Waals surface area (Å²) in [4.78, 5) is 20.3. The second kappa shape index (κ2) is 7.34. The molecular formula is C19H24N2O2S. The van der Waals surface area contributed by atoms with E-state index in [2.05, 4.69) is 11.9 Å². The Morgan fingerprint density at radius 2 is 2.12 bits per heavy atom. The Hall–Kier alpha value is -1.88. The Morgan fingerprint density at radius 1 is 1.38 bits per heavy atom. The zero-order chi connectivity index (χ0) is 17.1. The summed E-state index contributed by atoms with van der Waals surface area (Å²) in [7, 11) is 1.66. The van der Waals surface area contributed by atoms with Crippen LogP contribution >= 0.6 is 11.3 Å². The van der Waals surface area contributed by atoms with Crippen LogP contribution in [0.4, 0.5) is 0 Å². The molecule has 4 nitrogen and oxygen atoms in total. The number of likely N-dealkylation sites (tertiary alicyclic amines) is 1. The zero-order valence-corrected chi connectivity index (χ0v) is 15.4. The third-order valence-electron chi connectivity index (χ3n) is 4.55. The van der Waals surface area contributed by atoms with E-state index < -0.39 is 0 Å². The van der Waals surface area contributed by atoms with E-state index in [-0.39, 0.29) is 5.91 Å². The smallest absolute Gasteiger partial charge is 0.227 e. The Kier molecular flexibility index (Phi) is 5.19. The van der Waals surface area contributed by atoms with Gasteiger partial charge in [0, 0.05) is 23.5 Å². The maximum Gasteiger partial charge on any atom is 0.227 e. The molecule has 0 N–H and O–H groups in total. The summed E-state index contributed by atoms with van der Waals surface area (Å²) >= 11 is 1.62. The fourth-order valence-corrected chi connectivity index (χ4v) is 4.17. The van der Waals surface area contributed by atoms with Gasteiger partial charge < -0.3 is 9.64 Å². The van der Waals surface area contributed by atoms with Gasteiger partial charge in [-0.3, -0.25) is 4.79 Å². The van der Waals surface area contributed by atoms with Crippen molar-refractivity contribution in [2.45, 2.75) is 33.1 Å². The molecule has 1 amide bonds. The van der Waals surface area contributed by atoms with Crippen LogP contribution in [0.5, 0.6) is 5.75 Å². The highest BCUT2D eigenvalue weighted by atomic mass is 32.1. The number of carbonyl (C=O) groups is 1. The molecule has 0 aliphatic carbocycles. The quantitative estimate of drug-likeness (QED) is 0.844. The highest BCUT2D eigenvalue weighted by molar-refractivity contribution is 7.15. The Labute approximate surface area is 147 Å². The number of ether oxygens (including phenoxy) is 1. The summed E-state index contributed by atoms with van der Waals surface area (Å²) in [6.45, 7) is 6.00. The molecule has 0 radical (unpaired) electrons. The van der Waals surface area contributed by atoms with Crippen molar-refractivity contribution in [1.82, 2.24) is 9.88 Å². The second-order valence-corrected chi connectivity index (χ2v) is 7.60. The first-order valence-corrected chi connectivity index (χ1v) is 9.27. The number of nitrogens with zero attached hydrogens (tertiary/aromatic N) is 2. The standard InChI is InChI=1S/C19H24N2O2S/c1-13-5-4-10-21(12-13)18(22)11-17-14(2)20-19(24-17)15-6-8-16(23-3)9-7-15/h6-9,13H,4-5,10-12H2,1-3H3. The fourth-order valence-electron chi connectivity index (χ4n) is 3.11. The van der Waals surface area contributed by atoms with Gasteiger partial charge >= 0.3 is 0 Å². The van der Waals surface area contributed by atoms with E-state index in [1.54, 1.807) is 18.4 Å². The van der Waals surface area contributed by atoms with Crippen molar-refractivity contribution in [3.8, 4) is 16.3 Å². The zero-order valence-electron chi connectivity index (χ0n) is 14.5.